The Morgan fingerprint density at radius 3 is 2.40 bits per heavy atom. The highest BCUT2D eigenvalue weighted by molar-refractivity contribution is 6.35. The van der Waals surface area contributed by atoms with Gasteiger partial charge in [0.2, 0.25) is 0 Å². The van der Waals surface area contributed by atoms with Crippen LogP contribution in [-0.2, 0) is 13.0 Å². The van der Waals surface area contributed by atoms with Crippen LogP contribution in [0.4, 0.5) is 0 Å². The van der Waals surface area contributed by atoms with Gasteiger partial charge in [0.25, 0.3) is 0 Å². The van der Waals surface area contributed by atoms with E-state index in [0.29, 0.717) is 22.5 Å². The topological polar surface area (TPSA) is 12.0 Å². The molecule has 2 aromatic carbocycles. The highest BCUT2D eigenvalue weighted by Gasteiger charge is 2.09. The van der Waals surface area contributed by atoms with Crippen LogP contribution in [-0.4, -0.2) is 11.9 Å². The van der Waals surface area contributed by atoms with E-state index in [1.54, 1.807) is 6.07 Å². The molecule has 0 aromatic heterocycles. The van der Waals surface area contributed by atoms with E-state index in [1.165, 1.54) is 5.56 Å². The van der Waals surface area contributed by atoms with Crippen LogP contribution in [0.15, 0.2) is 48.5 Å². The van der Waals surface area contributed by atoms with Crippen LogP contribution in [0.3, 0.4) is 0 Å². The van der Waals surface area contributed by atoms with Gasteiger partial charge in [-0.3, -0.25) is 0 Å². The Balaban J connectivity index is 1.93. The second-order valence-corrected chi connectivity index (χ2v) is 5.81. The van der Waals surface area contributed by atoms with Crippen molar-refractivity contribution in [2.24, 2.45) is 0 Å². The van der Waals surface area contributed by atoms with E-state index in [2.05, 4.69) is 17.4 Å². The van der Waals surface area contributed by atoms with Gasteiger partial charge in [0.05, 0.1) is 0 Å². The molecule has 0 bridgehead atoms. The summed E-state index contributed by atoms with van der Waals surface area (Å²) in [6.45, 7) is 0.681. The average molecular weight is 329 g/mol. The lowest BCUT2D eigenvalue weighted by Crippen LogP contribution is -2.32. The van der Waals surface area contributed by atoms with Gasteiger partial charge in [0.1, 0.15) is 0 Å². The van der Waals surface area contributed by atoms with Crippen LogP contribution in [0, 0.1) is 0 Å². The van der Waals surface area contributed by atoms with Gasteiger partial charge in [-0.15, -0.1) is 11.6 Å². The number of benzene rings is 2. The average Bonchev–Trinajstić information content (AvgIpc) is 2.46. The minimum absolute atomic E-state index is 0.214. The SMILES string of the molecule is ClCC(Cc1ccccc1)NCc1ccc(Cl)cc1Cl. The van der Waals surface area contributed by atoms with E-state index in [1.807, 2.05) is 30.3 Å². The zero-order valence-corrected chi connectivity index (χ0v) is 13.2. The van der Waals surface area contributed by atoms with Crippen molar-refractivity contribution in [2.45, 2.75) is 19.0 Å². The van der Waals surface area contributed by atoms with Gasteiger partial charge in [-0.25, -0.2) is 0 Å². The molecule has 20 heavy (non-hydrogen) atoms. The third-order valence-electron chi connectivity index (χ3n) is 3.11. The van der Waals surface area contributed by atoms with Gasteiger partial charge < -0.3 is 5.32 Å². The summed E-state index contributed by atoms with van der Waals surface area (Å²) < 4.78 is 0. The first-order chi connectivity index (χ1) is 9.69. The molecule has 0 aliphatic rings. The van der Waals surface area contributed by atoms with E-state index in [9.17, 15) is 0 Å². The van der Waals surface area contributed by atoms with Crippen LogP contribution < -0.4 is 5.32 Å². The fourth-order valence-corrected chi connectivity index (χ4v) is 2.69. The molecular weight excluding hydrogens is 313 g/mol. The lowest BCUT2D eigenvalue weighted by molar-refractivity contribution is 0.550. The normalized spacial score (nSPS) is 12.3. The summed E-state index contributed by atoms with van der Waals surface area (Å²) in [6.07, 6.45) is 0.898. The first-order valence-electron chi connectivity index (χ1n) is 6.46. The Morgan fingerprint density at radius 1 is 1.00 bits per heavy atom. The van der Waals surface area contributed by atoms with Crippen molar-refractivity contribution in [1.82, 2.24) is 5.32 Å². The summed E-state index contributed by atoms with van der Waals surface area (Å²) in [5.41, 5.74) is 2.30. The first kappa shape index (κ1) is 15.7. The molecule has 1 unspecified atom stereocenters. The standard InChI is InChI=1S/C16H16Cl3N/c17-10-15(8-12-4-2-1-3-5-12)20-11-13-6-7-14(18)9-16(13)19/h1-7,9,15,20H,8,10-11H2. The predicted molar refractivity (Wildman–Crippen MR) is 88.0 cm³/mol. The summed E-state index contributed by atoms with van der Waals surface area (Å²) in [4.78, 5) is 0. The summed E-state index contributed by atoms with van der Waals surface area (Å²) in [6, 6.07) is 16.1. The molecule has 0 spiro atoms. The minimum Gasteiger partial charge on any atom is -0.308 e. The molecule has 0 saturated heterocycles. The van der Waals surface area contributed by atoms with Crippen molar-refractivity contribution in [1.29, 1.82) is 0 Å². The van der Waals surface area contributed by atoms with E-state index in [4.69, 9.17) is 34.8 Å². The highest BCUT2D eigenvalue weighted by atomic mass is 35.5. The van der Waals surface area contributed by atoms with E-state index in [-0.39, 0.29) is 6.04 Å². The van der Waals surface area contributed by atoms with E-state index < -0.39 is 0 Å². The molecule has 0 aliphatic heterocycles. The van der Waals surface area contributed by atoms with Crippen molar-refractivity contribution in [3.05, 3.63) is 69.7 Å². The van der Waals surface area contributed by atoms with Gasteiger partial charge in [-0.1, -0.05) is 59.6 Å². The number of nitrogens with one attached hydrogen (secondary N) is 1. The van der Waals surface area contributed by atoms with Crippen molar-refractivity contribution >= 4 is 34.8 Å². The second kappa shape index (κ2) is 7.90. The maximum atomic E-state index is 6.16. The molecule has 0 aliphatic carbocycles. The maximum Gasteiger partial charge on any atom is 0.0465 e. The largest absolute Gasteiger partial charge is 0.308 e. The van der Waals surface area contributed by atoms with Crippen LogP contribution in [0.25, 0.3) is 0 Å². The van der Waals surface area contributed by atoms with Gasteiger partial charge >= 0.3 is 0 Å². The molecule has 1 N–H and O–H groups in total. The second-order valence-electron chi connectivity index (χ2n) is 4.66. The Labute approximate surface area is 134 Å². The van der Waals surface area contributed by atoms with Crippen molar-refractivity contribution in [2.75, 3.05) is 5.88 Å². The summed E-state index contributed by atoms with van der Waals surface area (Å²) in [5.74, 6) is 0.556. The van der Waals surface area contributed by atoms with E-state index in [0.717, 1.165) is 12.0 Å². The molecule has 0 amide bonds. The molecule has 1 atom stereocenters. The Kier molecular flexibility index (Phi) is 6.18. The maximum absolute atomic E-state index is 6.16. The monoisotopic (exact) mass is 327 g/mol. The summed E-state index contributed by atoms with van der Waals surface area (Å²) in [5, 5.41) is 4.76. The van der Waals surface area contributed by atoms with Crippen molar-refractivity contribution in [3.63, 3.8) is 0 Å². The minimum atomic E-state index is 0.214. The molecule has 0 heterocycles. The first-order valence-corrected chi connectivity index (χ1v) is 7.75. The third-order valence-corrected chi connectivity index (χ3v) is 4.07. The Hall–Kier alpha value is -0.730. The molecule has 0 saturated carbocycles. The van der Waals surface area contributed by atoms with Crippen LogP contribution >= 0.6 is 34.8 Å². The lowest BCUT2D eigenvalue weighted by atomic mass is 10.1. The van der Waals surface area contributed by atoms with Crippen molar-refractivity contribution in [3.8, 4) is 0 Å². The molecule has 4 heteroatoms. The van der Waals surface area contributed by atoms with Crippen molar-refractivity contribution < 1.29 is 0 Å². The smallest absolute Gasteiger partial charge is 0.0465 e. The van der Waals surface area contributed by atoms with E-state index >= 15 is 0 Å². The number of rotatable bonds is 6. The number of halogens is 3. The van der Waals surface area contributed by atoms with Crippen LogP contribution in [0.2, 0.25) is 10.0 Å². The van der Waals surface area contributed by atoms with Gasteiger partial charge in [0.15, 0.2) is 0 Å². The fourth-order valence-electron chi connectivity index (χ4n) is 2.00. The molecule has 2 aromatic rings. The third kappa shape index (κ3) is 4.68. The predicted octanol–water partition coefficient (Wildman–Crippen LogP) is 4.93. The Morgan fingerprint density at radius 2 is 1.75 bits per heavy atom. The molecule has 1 nitrogen and oxygen atoms in total. The van der Waals surface area contributed by atoms with Crippen LogP contribution in [0.1, 0.15) is 11.1 Å². The molecule has 0 radical (unpaired) electrons. The van der Waals surface area contributed by atoms with Gasteiger partial charge in [-0.2, -0.15) is 0 Å². The van der Waals surface area contributed by atoms with Gasteiger partial charge in [-0.05, 0) is 29.7 Å². The number of alkyl halides is 1. The summed E-state index contributed by atoms with van der Waals surface area (Å²) >= 11 is 18.1. The van der Waals surface area contributed by atoms with Gasteiger partial charge in [0, 0.05) is 28.5 Å². The zero-order valence-electron chi connectivity index (χ0n) is 11.0. The zero-order chi connectivity index (χ0) is 14.4. The molecular formula is C16H16Cl3N. The quantitative estimate of drug-likeness (QED) is 0.741. The number of hydrogen-bond acceptors (Lipinski definition) is 1. The molecule has 106 valence electrons. The molecule has 2 rings (SSSR count). The highest BCUT2D eigenvalue weighted by Crippen LogP contribution is 2.21. The summed E-state index contributed by atoms with van der Waals surface area (Å²) in [7, 11) is 0. The number of hydrogen-bond donors (Lipinski definition) is 1. The fraction of sp³-hybridized carbons (Fsp3) is 0.250. The Bertz CT molecular complexity index is 543. The van der Waals surface area contributed by atoms with Crippen LogP contribution in [0.5, 0.6) is 0 Å². The molecule has 0 fully saturated rings. The lowest BCUT2D eigenvalue weighted by Gasteiger charge is -2.17.